The molecule has 4 rings (SSSR count). The molecule has 0 spiro atoms. The van der Waals surface area contributed by atoms with Crippen molar-refractivity contribution in [2.24, 2.45) is 0 Å². The molecule has 2 aromatic carbocycles. The molecule has 0 aliphatic carbocycles. The van der Waals surface area contributed by atoms with E-state index < -0.39 is 11.5 Å². The van der Waals surface area contributed by atoms with Gasteiger partial charge in [-0.1, -0.05) is 23.9 Å². The summed E-state index contributed by atoms with van der Waals surface area (Å²) in [5, 5.41) is 11.8. The number of aromatic nitrogens is 2. The van der Waals surface area contributed by atoms with Crippen LogP contribution in [0, 0.1) is 10.1 Å². The number of carbonyl (C=O) groups excluding carboxylic acids is 1. The molecule has 2 heterocycles. The Balaban J connectivity index is 1.66. The molecule has 0 radical (unpaired) electrons. The van der Waals surface area contributed by atoms with Crippen LogP contribution in [-0.2, 0) is 4.79 Å². The topological polar surface area (TPSA) is 90.5 Å². The number of non-ortho nitro benzene ring substituents is 1. The molecule has 178 valence electrons. The highest BCUT2D eigenvalue weighted by molar-refractivity contribution is 7.99. The fourth-order valence-electron chi connectivity index (χ4n) is 3.81. The summed E-state index contributed by atoms with van der Waals surface area (Å²) in [6.07, 6.45) is 4.69. The zero-order chi connectivity index (χ0) is 24.1. The molecule has 0 atom stereocenters. The highest BCUT2D eigenvalue weighted by Gasteiger charge is 2.20. The molecule has 11 heteroatoms. The Morgan fingerprint density at radius 2 is 1.88 bits per heavy atom. The number of carbonyl (C=O) groups is 1. The zero-order valence-corrected chi connectivity index (χ0v) is 18.9. The Morgan fingerprint density at radius 1 is 1.15 bits per heavy atom. The molecule has 1 amide bonds. The second-order valence-corrected chi connectivity index (χ2v) is 8.61. The van der Waals surface area contributed by atoms with Crippen LogP contribution in [0.15, 0.2) is 59.9 Å². The SMILES string of the molecule is O=C(CSc1ncc(-c2cccc([N+](=O)[O-])c2)n1-c1ccc(OC(F)F)cc1)N1CCCCC1. The molecule has 0 bridgehead atoms. The minimum Gasteiger partial charge on any atom is -0.435 e. The van der Waals surface area contributed by atoms with Crippen molar-refractivity contribution in [3.8, 4) is 22.7 Å². The van der Waals surface area contributed by atoms with Gasteiger partial charge in [0.1, 0.15) is 5.75 Å². The molecule has 34 heavy (non-hydrogen) atoms. The third-order valence-corrected chi connectivity index (χ3v) is 6.37. The molecule has 1 aliphatic rings. The number of hydrogen-bond acceptors (Lipinski definition) is 6. The van der Waals surface area contributed by atoms with Crippen LogP contribution < -0.4 is 4.74 Å². The third kappa shape index (κ3) is 5.53. The van der Waals surface area contributed by atoms with Crippen LogP contribution in [0.1, 0.15) is 19.3 Å². The van der Waals surface area contributed by atoms with E-state index in [1.807, 2.05) is 4.90 Å². The summed E-state index contributed by atoms with van der Waals surface area (Å²) in [6, 6.07) is 12.1. The molecule has 8 nitrogen and oxygen atoms in total. The van der Waals surface area contributed by atoms with Crippen LogP contribution in [0.3, 0.4) is 0 Å². The third-order valence-electron chi connectivity index (χ3n) is 5.44. The number of nitro groups is 1. The Labute approximate surface area is 198 Å². The van der Waals surface area contributed by atoms with Gasteiger partial charge in [-0.15, -0.1) is 0 Å². The number of alkyl halides is 2. The number of nitrogens with zero attached hydrogens (tertiary/aromatic N) is 4. The second kappa shape index (κ2) is 10.6. The first-order chi connectivity index (χ1) is 16.4. The van der Waals surface area contributed by atoms with Crippen molar-refractivity contribution in [2.75, 3.05) is 18.8 Å². The quantitative estimate of drug-likeness (QED) is 0.247. The smallest absolute Gasteiger partial charge is 0.387 e. The van der Waals surface area contributed by atoms with Crippen LogP contribution in [0.2, 0.25) is 0 Å². The fourth-order valence-corrected chi connectivity index (χ4v) is 4.70. The van der Waals surface area contributed by atoms with E-state index in [1.165, 1.54) is 36.0 Å². The Kier molecular flexibility index (Phi) is 7.41. The first-order valence-electron chi connectivity index (χ1n) is 10.7. The van der Waals surface area contributed by atoms with E-state index in [-0.39, 0.29) is 23.1 Å². The molecule has 1 saturated heterocycles. The zero-order valence-electron chi connectivity index (χ0n) is 18.1. The minimum absolute atomic E-state index is 0.00486. The summed E-state index contributed by atoms with van der Waals surface area (Å²) in [4.78, 5) is 29.8. The van der Waals surface area contributed by atoms with Gasteiger partial charge in [-0.05, 0) is 43.5 Å². The monoisotopic (exact) mass is 488 g/mol. The lowest BCUT2D eigenvalue weighted by Gasteiger charge is -2.26. The highest BCUT2D eigenvalue weighted by Crippen LogP contribution is 2.32. The number of amides is 1. The van der Waals surface area contributed by atoms with E-state index in [2.05, 4.69) is 9.72 Å². The van der Waals surface area contributed by atoms with E-state index in [1.54, 1.807) is 35.0 Å². The summed E-state index contributed by atoms with van der Waals surface area (Å²) in [5.41, 5.74) is 1.65. The minimum atomic E-state index is -2.94. The summed E-state index contributed by atoms with van der Waals surface area (Å²) in [6.45, 7) is -1.44. The number of thioether (sulfide) groups is 1. The Morgan fingerprint density at radius 3 is 2.56 bits per heavy atom. The maximum atomic E-state index is 12.7. The van der Waals surface area contributed by atoms with Gasteiger partial charge in [0.2, 0.25) is 5.91 Å². The molecule has 1 aromatic heterocycles. The Bertz CT molecular complexity index is 1160. The van der Waals surface area contributed by atoms with Gasteiger partial charge < -0.3 is 9.64 Å². The predicted octanol–water partition coefficient (Wildman–Crippen LogP) is 5.15. The molecule has 1 aliphatic heterocycles. The number of benzene rings is 2. The second-order valence-electron chi connectivity index (χ2n) is 7.67. The van der Waals surface area contributed by atoms with Gasteiger partial charge in [-0.2, -0.15) is 8.78 Å². The van der Waals surface area contributed by atoms with Crippen LogP contribution in [0.25, 0.3) is 16.9 Å². The molecule has 0 N–H and O–H groups in total. The van der Waals surface area contributed by atoms with Crippen molar-refractivity contribution in [1.29, 1.82) is 0 Å². The van der Waals surface area contributed by atoms with Gasteiger partial charge in [-0.25, -0.2) is 4.98 Å². The van der Waals surface area contributed by atoms with Crippen molar-refractivity contribution in [2.45, 2.75) is 31.0 Å². The van der Waals surface area contributed by atoms with Gasteiger partial charge in [-0.3, -0.25) is 19.5 Å². The normalized spacial score (nSPS) is 13.8. The van der Waals surface area contributed by atoms with Gasteiger partial charge in [0.25, 0.3) is 5.69 Å². The molecule has 0 saturated carbocycles. The maximum absolute atomic E-state index is 12.7. The number of ether oxygens (including phenoxy) is 1. The molecular weight excluding hydrogens is 466 g/mol. The van der Waals surface area contributed by atoms with Crippen molar-refractivity contribution < 1.29 is 23.2 Å². The highest BCUT2D eigenvalue weighted by atomic mass is 32.2. The number of likely N-dealkylation sites (tertiary alicyclic amines) is 1. The fraction of sp³-hybridized carbons (Fsp3) is 0.304. The van der Waals surface area contributed by atoms with Crippen molar-refractivity contribution in [1.82, 2.24) is 14.5 Å². The lowest BCUT2D eigenvalue weighted by Crippen LogP contribution is -2.36. The van der Waals surface area contributed by atoms with Crippen molar-refractivity contribution >= 4 is 23.4 Å². The van der Waals surface area contributed by atoms with Crippen LogP contribution in [0.5, 0.6) is 5.75 Å². The molecular formula is C23H22F2N4O4S. The summed E-state index contributed by atoms with van der Waals surface area (Å²) >= 11 is 1.26. The largest absolute Gasteiger partial charge is 0.435 e. The number of piperidine rings is 1. The first kappa shape index (κ1) is 23.7. The summed E-state index contributed by atoms with van der Waals surface area (Å²) in [7, 11) is 0. The number of halogens is 2. The van der Waals surface area contributed by atoms with Gasteiger partial charge in [0.05, 0.1) is 22.6 Å². The number of rotatable bonds is 8. The predicted molar refractivity (Wildman–Crippen MR) is 123 cm³/mol. The van der Waals surface area contributed by atoms with E-state index in [0.717, 1.165) is 32.4 Å². The number of imidazole rings is 1. The molecule has 3 aromatic rings. The summed E-state index contributed by atoms with van der Waals surface area (Å²) < 4.78 is 31.3. The average Bonchev–Trinajstić information content (AvgIpc) is 3.27. The Hall–Kier alpha value is -3.47. The number of nitro benzene ring substituents is 1. The van der Waals surface area contributed by atoms with E-state index in [0.29, 0.717) is 22.1 Å². The number of hydrogen-bond donors (Lipinski definition) is 0. The van der Waals surface area contributed by atoms with Crippen molar-refractivity contribution in [3.05, 3.63) is 64.8 Å². The van der Waals surface area contributed by atoms with Gasteiger partial charge in [0.15, 0.2) is 5.16 Å². The maximum Gasteiger partial charge on any atom is 0.387 e. The van der Waals surface area contributed by atoms with Gasteiger partial charge >= 0.3 is 6.61 Å². The lowest BCUT2D eigenvalue weighted by atomic mass is 10.1. The summed E-state index contributed by atoms with van der Waals surface area (Å²) in [5.74, 6) is 0.222. The van der Waals surface area contributed by atoms with Crippen molar-refractivity contribution in [3.63, 3.8) is 0 Å². The van der Waals surface area contributed by atoms with E-state index in [4.69, 9.17) is 0 Å². The van der Waals surface area contributed by atoms with Crippen LogP contribution in [0.4, 0.5) is 14.5 Å². The average molecular weight is 489 g/mol. The van der Waals surface area contributed by atoms with E-state index >= 15 is 0 Å². The van der Waals surface area contributed by atoms with Crippen LogP contribution >= 0.6 is 11.8 Å². The lowest BCUT2D eigenvalue weighted by molar-refractivity contribution is -0.384. The van der Waals surface area contributed by atoms with Crippen LogP contribution in [-0.4, -0.2) is 50.7 Å². The first-order valence-corrected chi connectivity index (χ1v) is 11.7. The molecule has 1 fully saturated rings. The standard InChI is InChI=1S/C23H22F2N4O4S/c24-22(25)33-19-9-7-17(8-10-19)28-20(16-5-4-6-18(13-16)29(31)32)14-26-23(28)34-15-21(30)27-11-2-1-3-12-27/h4-10,13-14,22H,1-3,11-12,15H2. The van der Waals surface area contributed by atoms with E-state index in [9.17, 15) is 23.7 Å². The van der Waals surface area contributed by atoms with Gasteiger partial charge in [0, 0.05) is 36.5 Å². The molecule has 0 unspecified atom stereocenters.